The second-order valence-electron chi connectivity index (χ2n) is 3.63. The Balaban J connectivity index is 2.33. The second-order valence-corrected chi connectivity index (χ2v) is 4.85. The molecule has 0 aliphatic heterocycles. The average Bonchev–Trinajstić information content (AvgIpc) is 2.43. The predicted molar refractivity (Wildman–Crippen MR) is 78.9 cm³/mol. The van der Waals surface area contributed by atoms with Crippen LogP contribution in [0.2, 0.25) is 10.0 Å². The fourth-order valence-electron chi connectivity index (χ4n) is 1.29. The standard InChI is InChI=1S/C12H13Cl3N2O3/c13-3-6-20-12(19)17-5-4-16-11(18)9-7-8(14)1-2-10(9)15/h1-2,7H,3-6H2,(H,16,18)(H,17,19). The largest absolute Gasteiger partial charge is 0.448 e. The van der Waals surface area contributed by atoms with Crippen molar-refractivity contribution in [2.75, 3.05) is 25.6 Å². The third-order valence-corrected chi connectivity index (χ3v) is 2.88. The Kier molecular flexibility index (Phi) is 7.51. The van der Waals surface area contributed by atoms with Crippen molar-refractivity contribution in [3.63, 3.8) is 0 Å². The van der Waals surface area contributed by atoms with Gasteiger partial charge in [-0.05, 0) is 18.2 Å². The summed E-state index contributed by atoms with van der Waals surface area (Å²) in [5, 5.41) is 5.78. The van der Waals surface area contributed by atoms with E-state index in [1.807, 2.05) is 0 Å². The van der Waals surface area contributed by atoms with E-state index in [0.29, 0.717) is 10.0 Å². The summed E-state index contributed by atoms with van der Waals surface area (Å²) in [4.78, 5) is 22.9. The van der Waals surface area contributed by atoms with Crippen LogP contribution in [0.15, 0.2) is 18.2 Å². The third kappa shape index (κ3) is 5.86. The van der Waals surface area contributed by atoms with E-state index < -0.39 is 6.09 Å². The Morgan fingerprint density at radius 1 is 1.15 bits per heavy atom. The van der Waals surface area contributed by atoms with Gasteiger partial charge < -0.3 is 15.4 Å². The number of rotatable bonds is 6. The number of hydrogen-bond donors (Lipinski definition) is 2. The fourth-order valence-corrected chi connectivity index (χ4v) is 1.74. The number of hydrogen-bond acceptors (Lipinski definition) is 3. The van der Waals surface area contributed by atoms with Gasteiger partial charge in [0.15, 0.2) is 0 Å². The molecule has 0 fully saturated rings. The van der Waals surface area contributed by atoms with Gasteiger partial charge in [0.05, 0.1) is 16.5 Å². The molecule has 0 unspecified atom stereocenters. The molecular weight excluding hydrogens is 327 g/mol. The van der Waals surface area contributed by atoms with Gasteiger partial charge in [-0.3, -0.25) is 4.79 Å². The zero-order valence-electron chi connectivity index (χ0n) is 10.4. The van der Waals surface area contributed by atoms with Crippen LogP contribution in [0.1, 0.15) is 10.4 Å². The molecule has 0 radical (unpaired) electrons. The van der Waals surface area contributed by atoms with Crippen molar-refractivity contribution in [2.24, 2.45) is 0 Å². The van der Waals surface area contributed by atoms with E-state index in [1.54, 1.807) is 12.1 Å². The van der Waals surface area contributed by atoms with E-state index in [0.717, 1.165) is 0 Å². The van der Waals surface area contributed by atoms with Crippen LogP contribution in [0, 0.1) is 0 Å². The SMILES string of the molecule is O=C(NCCNC(=O)c1cc(Cl)ccc1Cl)OCCCl. The van der Waals surface area contributed by atoms with Crippen LogP contribution in [0.4, 0.5) is 4.79 Å². The van der Waals surface area contributed by atoms with E-state index in [-0.39, 0.29) is 37.0 Å². The highest BCUT2D eigenvalue weighted by molar-refractivity contribution is 6.35. The van der Waals surface area contributed by atoms with Gasteiger partial charge in [-0.1, -0.05) is 23.2 Å². The Morgan fingerprint density at radius 3 is 2.55 bits per heavy atom. The Labute approximate surface area is 131 Å². The van der Waals surface area contributed by atoms with Gasteiger partial charge in [-0.15, -0.1) is 11.6 Å². The summed E-state index contributed by atoms with van der Waals surface area (Å²) >= 11 is 17.0. The normalized spacial score (nSPS) is 9.95. The fraction of sp³-hybridized carbons (Fsp3) is 0.333. The molecule has 1 rings (SSSR count). The van der Waals surface area contributed by atoms with Crippen molar-refractivity contribution in [2.45, 2.75) is 0 Å². The van der Waals surface area contributed by atoms with Gasteiger partial charge in [0.25, 0.3) is 5.91 Å². The minimum absolute atomic E-state index is 0.137. The molecule has 2 amide bonds. The molecule has 0 saturated carbocycles. The molecule has 0 aliphatic rings. The number of halogens is 3. The topological polar surface area (TPSA) is 67.4 Å². The molecule has 0 aromatic heterocycles. The lowest BCUT2D eigenvalue weighted by molar-refractivity contribution is 0.0952. The van der Waals surface area contributed by atoms with Gasteiger partial charge in [0, 0.05) is 18.1 Å². The van der Waals surface area contributed by atoms with Crippen molar-refractivity contribution in [1.29, 1.82) is 0 Å². The smallest absolute Gasteiger partial charge is 0.407 e. The summed E-state index contributed by atoms with van der Waals surface area (Å²) in [5.74, 6) is -0.134. The Bertz CT molecular complexity index is 483. The second kappa shape index (κ2) is 8.89. The van der Waals surface area contributed by atoms with E-state index in [4.69, 9.17) is 34.8 Å². The number of alkyl carbamates (subject to hydrolysis) is 1. The van der Waals surface area contributed by atoms with Gasteiger partial charge in [0.1, 0.15) is 6.61 Å². The Hall–Kier alpha value is -1.17. The summed E-state index contributed by atoms with van der Waals surface area (Å²) in [6, 6.07) is 4.61. The van der Waals surface area contributed by atoms with Gasteiger partial charge >= 0.3 is 6.09 Å². The summed E-state index contributed by atoms with van der Waals surface area (Å²) in [6.45, 7) is 0.598. The molecule has 0 bridgehead atoms. The molecular formula is C12H13Cl3N2O3. The first kappa shape index (κ1) is 16.9. The lowest BCUT2D eigenvalue weighted by Gasteiger charge is -2.08. The lowest BCUT2D eigenvalue weighted by atomic mass is 10.2. The van der Waals surface area contributed by atoms with Crippen molar-refractivity contribution < 1.29 is 14.3 Å². The monoisotopic (exact) mass is 338 g/mol. The molecule has 20 heavy (non-hydrogen) atoms. The number of nitrogens with one attached hydrogen (secondary N) is 2. The highest BCUT2D eigenvalue weighted by Gasteiger charge is 2.10. The molecule has 5 nitrogen and oxygen atoms in total. The van der Waals surface area contributed by atoms with Crippen LogP contribution >= 0.6 is 34.8 Å². The summed E-state index contributed by atoms with van der Waals surface area (Å²) in [6.07, 6.45) is -0.583. The lowest BCUT2D eigenvalue weighted by Crippen LogP contribution is -2.35. The first-order valence-corrected chi connectivity index (χ1v) is 7.03. The quantitative estimate of drug-likeness (QED) is 0.618. The molecule has 110 valence electrons. The summed E-state index contributed by atoms with van der Waals surface area (Å²) in [7, 11) is 0. The van der Waals surface area contributed by atoms with E-state index in [9.17, 15) is 9.59 Å². The van der Waals surface area contributed by atoms with Crippen LogP contribution in [0.5, 0.6) is 0 Å². The maximum absolute atomic E-state index is 11.8. The zero-order chi connectivity index (χ0) is 15.0. The van der Waals surface area contributed by atoms with Gasteiger partial charge in [0.2, 0.25) is 0 Å². The van der Waals surface area contributed by atoms with E-state index >= 15 is 0 Å². The van der Waals surface area contributed by atoms with Crippen molar-refractivity contribution in [3.05, 3.63) is 33.8 Å². The van der Waals surface area contributed by atoms with Crippen LogP contribution in [0.25, 0.3) is 0 Å². The number of carbonyl (C=O) groups excluding carboxylic acids is 2. The Morgan fingerprint density at radius 2 is 1.85 bits per heavy atom. The molecule has 0 aliphatic carbocycles. The van der Waals surface area contributed by atoms with E-state index in [2.05, 4.69) is 15.4 Å². The highest BCUT2D eigenvalue weighted by atomic mass is 35.5. The number of alkyl halides is 1. The molecule has 2 N–H and O–H groups in total. The number of ether oxygens (including phenoxy) is 1. The molecule has 0 saturated heterocycles. The maximum atomic E-state index is 11.8. The first-order valence-electron chi connectivity index (χ1n) is 5.74. The molecule has 8 heteroatoms. The van der Waals surface area contributed by atoms with E-state index in [1.165, 1.54) is 6.07 Å². The zero-order valence-corrected chi connectivity index (χ0v) is 12.7. The van der Waals surface area contributed by atoms with Gasteiger partial charge in [-0.2, -0.15) is 0 Å². The van der Waals surface area contributed by atoms with Crippen molar-refractivity contribution in [3.8, 4) is 0 Å². The van der Waals surface area contributed by atoms with Crippen molar-refractivity contribution in [1.82, 2.24) is 10.6 Å². The molecule has 0 heterocycles. The first-order chi connectivity index (χ1) is 9.54. The molecule has 1 aromatic carbocycles. The minimum Gasteiger partial charge on any atom is -0.448 e. The highest BCUT2D eigenvalue weighted by Crippen LogP contribution is 2.20. The molecule has 0 spiro atoms. The van der Waals surface area contributed by atoms with Crippen LogP contribution < -0.4 is 10.6 Å². The average molecular weight is 340 g/mol. The van der Waals surface area contributed by atoms with Crippen molar-refractivity contribution >= 4 is 46.8 Å². The number of carbonyl (C=O) groups is 2. The number of benzene rings is 1. The minimum atomic E-state index is -0.583. The summed E-state index contributed by atoms with van der Waals surface area (Å²) in [5.41, 5.74) is 0.281. The van der Waals surface area contributed by atoms with Crippen LogP contribution in [0.3, 0.4) is 0 Å². The predicted octanol–water partition coefficient (Wildman–Crippen LogP) is 2.69. The van der Waals surface area contributed by atoms with Crippen LogP contribution in [-0.2, 0) is 4.74 Å². The molecule has 0 atom stereocenters. The maximum Gasteiger partial charge on any atom is 0.407 e. The number of amides is 2. The third-order valence-electron chi connectivity index (χ3n) is 2.16. The van der Waals surface area contributed by atoms with Gasteiger partial charge in [-0.25, -0.2) is 4.79 Å². The van der Waals surface area contributed by atoms with Crippen LogP contribution in [-0.4, -0.2) is 37.6 Å². The summed E-state index contributed by atoms with van der Waals surface area (Å²) < 4.78 is 4.68. The molecule has 1 aromatic rings.